The summed E-state index contributed by atoms with van der Waals surface area (Å²) in [5.41, 5.74) is 1.88. The quantitative estimate of drug-likeness (QED) is 0.114. The van der Waals surface area contributed by atoms with E-state index < -0.39 is 0 Å². The summed E-state index contributed by atoms with van der Waals surface area (Å²) in [6.07, 6.45) is 7.33. The van der Waals surface area contributed by atoms with Gasteiger partial charge in [-0.3, -0.25) is 19.2 Å². The number of rotatable bonds is 13. The lowest BCUT2D eigenvalue weighted by Crippen LogP contribution is -2.29. The third kappa shape index (κ3) is 10.4. The molecule has 0 bridgehead atoms. The van der Waals surface area contributed by atoms with E-state index in [4.69, 9.17) is 9.05 Å². The van der Waals surface area contributed by atoms with Gasteiger partial charge in [0, 0.05) is 36.6 Å². The zero-order chi connectivity index (χ0) is 36.0. The van der Waals surface area contributed by atoms with Crippen molar-refractivity contribution in [3.63, 3.8) is 0 Å². The van der Waals surface area contributed by atoms with Gasteiger partial charge >= 0.3 is 12.1 Å². The van der Waals surface area contributed by atoms with Crippen LogP contribution in [0.4, 0.5) is 21.0 Å². The van der Waals surface area contributed by atoms with Crippen LogP contribution in [0.5, 0.6) is 0 Å². The van der Waals surface area contributed by atoms with Crippen LogP contribution >= 0.6 is 23.5 Å². The Morgan fingerprint density at radius 2 is 1.02 bits per heavy atom. The lowest BCUT2D eigenvalue weighted by Gasteiger charge is -2.10. The SMILES string of the molecule is O=C(NCCCCSC1=CC(=O)c2oncc2C1=O)Nc1ccccc1.O=C(NCCCSC1=CC(=O)c2oncc2C1=O)Nc1ccccc1. The number of thioether (sulfide) groups is 2. The van der Waals surface area contributed by atoms with Crippen LogP contribution in [0.2, 0.25) is 0 Å². The Labute approximate surface area is 300 Å². The van der Waals surface area contributed by atoms with Crippen molar-refractivity contribution in [3.8, 4) is 0 Å². The summed E-state index contributed by atoms with van der Waals surface area (Å²) in [6.45, 7) is 0.987. The third-order valence-corrected chi connectivity index (χ3v) is 9.31. The Bertz CT molecular complexity index is 1960. The molecule has 0 spiro atoms. The first-order chi connectivity index (χ1) is 24.8. The van der Waals surface area contributed by atoms with Crippen LogP contribution in [0, 0.1) is 0 Å². The Morgan fingerprint density at radius 3 is 1.49 bits per heavy atom. The van der Waals surface area contributed by atoms with Gasteiger partial charge in [0.15, 0.2) is 0 Å². The topological polar surface area (TPSA) is 203 Å². The Morgan fingerprint density at radius 1 is 0.588 bits per heavy atom. The Hall–Kier alpha value is -5.74. The number of anilines is 2. The molecule has 51 heavy (non-hydrogen) atoms. The van der Waals surface area contributed by atoms with Gasteiger partial charge in [-0.15, -0.1) is 23.5 Å². The smallest absolute Gasteiger partial charge is 0.319 e. The van der Waals surface area contributed by atoms with Crippen LogP contribution in [0.1, 0.15) is 61.1 Å². The van der Waals surface area contributed by atoms with E-state index in [-0.39, 0.29) is 57.8 Å². The molecule has 2 aliphatic rings. The number of aromatic nitrogens is 2. The highest BCUT2D eigenvalue weighted by molar-refractivity contribution is 8.04. The van der Waals surface area contributed by atoms with Crippen LogP contribution in [-0.2, 0) is 0 Å². The number of para-hydroxylation sites is 2. The maximum atomic E-state index is 12.2. The Kier molecular flexibility index (Phi) is 13.1. The molecule has 4 amide bonds. The zero-order valence-electron chi connectivity index (χ0n) is 27.0. The standard InChI is InChI=1S/C18H17N3O4S.C17H15N3O4S/c22-14-10-15(16(23)13-11-20-25-17(13)14)26-9-5-4-8-19-18(24)21-12-6-2-1-3-7-12;21-13-9-14(15(22)12-10-19-24-16(12)13)25-8-4-7-18-17(23)20-11-5-2-1-3-6-11/h1-3,6-7,10-11H,4-5,8-9H2,(H2,19,21,24);1-3,5-6,9-10H,4,7-8H2,(H2,18,20,23). The first-order valence-corrected chi connectivity index (χ1v) is 17.7. The van der Waals surface area contributed by atoms with E-state index in [1.165, 1.54) is 48.1 Å². The number of nitrogens with zero attached hydrogens (tertiary/aromatic N) is 2. The molecule has 2 aliphatic carbocycles. The molecule has 6 rings (SSSR count). The van der Waals surface area contributed by atoms with E-state index in [1.807, 2.05) is 48.5 Å². The minimum atomic E-state index is -0.352. The highest BCUT2D eigenvalue weighted by Crippen LogP contribution is 2.29. The molecule has 2 aromatic carbocycles. The first kappa shape index (κ1) is 36.5. The summed E-state index contributed by atoms with van der Waals surface area (Å²) in [5.74, 6) is 0.0992. The van der Waals surface area contributed by atoms with Crippen LogP contribution < -0.4 is 21.3 Å². The molecule has 0 aliphatic heterocycles. The van der Waals surface area contributed by atoms with E-state index >= 15 is 0 Å². The third-order valence-electron chi connectivity index (χ3n) is 7.09. The van der Waals surface area contributed by atoms with Crippen molar-refractivity contribution in [2.75, 3.05) is 35.2 Å². The Balaban J connectivity index is 0.000000198. The van der Waals surface area contributed by atoms with Crippen molar-refractivity contribution in [1.82, 2.24) is 20.9 Å². The summed E-state index contributed by atoms with van der Waals surface area (Å²) in [4.78, 5) is 72.2. The molecule has 0 radical (unpaired) electrons. The largest absolute Gasteiger partial charge is 0.352 e. The van der Waals surface area contributed by atoms with Crippen LogP contribution in [0.3, 0.4) is 0 Å². The number of ketones is 4. The molecule has 0 fully saturated rings. The van der Waals surface area contributed by atoms with E-state index in [1.54, 1.807) is 12.1 Å². The molecule has 0 unspecified atom stereocenters. The summed E-state index contributed by atoms with van der Waals surface area (Å²) in [5, 5.41) is 18.0. The number of unbranched alkanes of at least 4 members (excludes halogenated alkanes) is 1. The molecule has 0 atom stereocenters. The second-order valence-electron chi connectivity index (χ2n) is 10.8. The summed E-state index contributed by atoms with van der Waals surface area (Å²) >= 11 is 2.61. The van der Waals surface area contributed by atoms with E-state index in [0.717, 1.165) is 24.2 Å². The lowest BCUT2D eigenvalue weighted by atomic mass is 10.0. The normalized spacial score (nSPS) is 13.2. The molecular weight excluding hydrogens is 697 g/mol. The molecule has 0 saturated heterocycles. The monoisotopic (exact) mass is 728 g/mol. The van der Waals surface area contributed by atoms with Crippen molar-refractivity contribution in [2.24, 2.45) is 0 Å². The minimum absolute atomic E-state index is 0.00593. The van der Waals surface area contributed by atoms with Crippen molar-refractivity contribution >= 4 is 70.1 Å². The maximum absolute atomic E-state index is 12.2. The molecule has 262 valence electrons. The van der Waals surface area contributed by atoms with Gasteiger partial charge in [0.05, 0.1) is 33.3 Å². The van der Waals surface area contributed by atoms with Crippen LogP contribution in [0.15, 0.2) is 104 Å². The van der Waals surface area contributed by atoms with E-state index in [9.17, 15) is 28.8 Å². The summed E-state index contributed by atoms with van der Waals surface area (Å²) < 4.78 is 9.57. The zero-order valence-corrected chi connectivity index (χ0v) is 28.6. The second-order valence-corrected chi connectivity index (χ2v) is 13.1. The van der Waals surface area contributed by atoms with Crippen LogP contribution in [-0.4, -0.2) is 70.1 Å². The minimum Gasteiger partial charge on any atom is -0.352 e. The molecule has 2 aromatic heterocycles. The number of amides is 4. The first-order valence-electron chi connectivity index (χ1n) is 15.8. The van der Waals surface area contributed by atoms with Gasteiger partial charge in [0.1, 0.15) is 0 Å². The number of benzene rings is 2. The highest BCUT2D eigenvalue weighted by atomic mass is 32.2. The number of allylic oxidation sites excluding steroid dienone is 4. The number of Topliss-reactive ketones (excluding diaryl/α,β-unsaturated/α-hetero) is 2. The predicted octanol–water partition coefficient (Wildman–Crippen LogP) is 6.16. The summed E-state index contributed by atoms with van der Waals surface area (Å²) in [7, 11) is 0. The van der Waals surface area contributed by atoms with Crippen molar-refractivity contribution < 1.29 is 37.8 Å². The van der Waals surface area contributed by atoms with Crippen molar-refractivity contribution in [1.29, 1.82) is 0 Å². The lowest BCUT2D eigenvalue weighted by molar-refractivity contribution is 0.0967. The second kappa shape index (κ2) is 18.3. The fraction of sp³-hybridized carbons (Fsp3) is 0.200. The molecule has 14 nitrogen and oxygen atoms in total. The van der Waals surface area contributed by atoms with Gasteiger partial charge < -0.3 is 30.3 Å². The number of hydrogen-bond donors (Lipinski definition) is 4. The van der Waals surface area contributed by atoms with Crippen molar-refractivity contribution in [2.45, 2.75) is 19.3 Å². The molecule has 4 aromatic rings. The maximum Gasteiger partial charge on any atom is 0.319 e. The average molecular weight is 729 g/mol. The molecular formula is C35H32N6O8S2. The van der Waals surface area contributed by atoms with Gasteiger partial charge in [-0.25, -0.2) is 9.59 Å². The molecule has 4 N–H and O–H groups in total. The van der Waals surface area contributed by atoms with Gasteiger partial charge in [0.2, 0.25) is 34.7 Å². The molecule has 0 saturated carbocycles. The number of carbonyl (C=O) groups is 6. The van der Waals surface area contributed by atoms with Gasteiger partial charge in [-0.1, -0.05) is 46.7 Å². The fourth-order valence-electron chi connectivity index (χ4n) is 4.60. The highest BCUT2D eigenvalue weighted by Gasteiger charge is 2.30. The number of carbonyl (C=O) groups excluding carboxylic acids is 6. The van der Waals surface area contributed by atoms with Gasteiger partial charge in [-0.2, -0.15) is 0 Å². The number of nitrogens with one attached hydrogen (secondary N) is 4. The molecule has 2 heterocycles. The van der Waals surface area contributed by atoms with E-state index in [2.05, 4.69) is 31.6 Å². The summed E-state index contributed by atoms with van der Waals surface area (Å²) in [6, 6.07) is 17.8. The van der Waals surface area contributed by atoms with E-state index in [0.29, 0.717) is 40.8 Å². The number of fused-ring (bicyclic) bond motifs is 2. The van der Waals surface area contributed by atoms with Gasteiger partial charge in [-0.05, 0) is 55.0 Å². The number of hydrogen-bond acceptors (Lipinski definition) is 12. The van der Waals surface area contributed by atoms with Crippen LogP contribution in [0.25, 0.3) is 0 Å². The molecule has 16 heteroatoms. The van der Waals surface area contributed by atoms with Crippen molar-refractivity contribution in [3.05, 3.63) is 118 Å². The fourth-order valence-corrected chi connectivity index (χ4v) is 6.54. The van der Waals surface area contributed by atoms with Gasteiger partial charge in [0.25, 0.3) is 0 Å². The predicted molar refractivity (Wildman–Crippen MR) is 192 cm³/mol. The average Bonchev–Trinajstić information content (AvgIpc) is 3.84. The number of urea groups is 2.